The summed E-state index contributed by atoms with van der Waals surface area (Å²) in [5.41, 5.74) is 8.05. The van der Waals surface area contributed by atoms with Gasteiger partial charge in [0, 0.05) is 3.57 Å². The van der Waals surface area contributed by atoms with E-state index >= 15 is 0 Å². The van der Waals surface area contributed by atoms with Crippen LogP contribution in [0.5, 0.6) is 0 Å². The number of rotatable bonds is 2. The van der Waals surface area contributed by atoms with Crippen molar-refractivity contribution in [2.24, 2.45) is 5.73 Å². The molecule has 2 nitrogen and oxygen atoms in total. The minimum Gasteiger partial charge on any atom is -0.391 e. The minimum atomic E-state index is -0.503. The number of hydrogen-bond donors (Lipinski definition) is 2. The van der Waals surface area contributed by atoms with E-state index in [0.717, 1.165) is 11.1 Å². The van der Waals surface area contributed by atoms with Crippen LogP contribution in [0.3, 0.4) is 0 Å². The fourth-order valence-electron chi connectivity index (χ4n) is 1.25. The molecule has 0 saturated heterocycles. The number of aliphatic hydroxyl groups excluding tert-OH is 1. The van der Waals surface area contributed by atoms with Crippen molar-refractivity contribution in [1.82, 2.24) is 0 Å². The molecule has 0 fully saturated rings. The summed E-state index contributed by atoms with van der Waals surface area (Å²) in [6.07, 6.45) is -0.503. The van der Waals surface area contributed by atoms with Gasteiger partial charge >= 0.3 is 0 Å². The van der Waals surface area contributed by atoms with Gasteiger partial charge in [-0.3, -0.25) is 0 Å². The number of benzene rings is 1. The molecule has 1 aromatic carbocycles. The lowest BCUT2D eigenvalue weighted by Crippen LogP contribution is -2.24. The Hall–Kier alpha value is -0.130. The first kappa shape index (κ1) is 10.9. The Bertz CT molecular complexity index is 299. The summed E-state index contributed by atoms with van der Waals surface area (Å²) in [6, 6.07) is 5.68. The molecule has 0 aliphatic heterocycles. The van der Waals surface area contributed by atoms with Crippen LogP contribution in [-0.2, 0) is 0 Å². The Morgan fingerprint density at radius 1 is 1.46 bits per heavy atom. The SMILES string of the molecule is Cc1c(I)cccc1[C@H](N)C(C)O. The molecule has 0 aliphatic carbocycles. The van der Waals surface area contributed by atoms with E-state index < -0.39 is 6.10 Å². The van der Waals surface area contributed by atoms with Crippen molar-refractivity contribution < 1.29 is 5.11 Å². The second-order valence-electron chi connectivity index (χ2n) is 3.22. The van der Waals surface area contributed by atoms with Crippen molar-refractivity contribution in [3.8, 4) is 0 Å². The van der Waals surface area contributed by atoms with Crippen LogP contribution in [0.2, 0.25) is 0 Å². The number of hydrogen-bond acceptors (Lipinski definition) is 2. The fourth-order valence-corrected chi connectivity index (χ4v) is 1.76. The standard InChI is InChI=1S/C10H14INO/c1-6-8(10(12)7(2)13)4-3-5-9(6)11/h3-5,7,10,13H,12H2,1-2H3/t7?,10-/m1/s1. The van der Waals surface area contributed by atoms with Gasteiger partial charge in [-0.1, -0.05) is 12.1 Å². The largest absolute Gasteiger partial charge is 0.391 e. The van der Waals surface area contributed by atoms with E-state index in [2.05, 4.69) is 22.6 Å². The molecule has 0 aromatic heterocycles. The normalized spacial score (nSPS) is 15.5. The van der Waals surface area contributed by atoms with Crippen LogP contribution in [0.15, 0.2) is 18.2 Å². The number of nitrogens with two attached hydrogens (primary N) is 1. The highest BCUT2D eigenvalue weighted by atomic mass is 127. The third kappa shape index (κ3) is 2.42. The van der Waals surface area contributed by atoms with Gasteiger partial charge in [0.15, 0.2) is 0 Å². The monoisotopic (exact) mass is 291 g/mol. The predicted molar refractivity (Wildman–Crippen MR) is 62.5 cm³/mol. The lowest BCUT2D eigenvalue weighted by atomic mass is 9.99. The van der Waals surface area contributed by atoms with Crippen LogP contribution in [0.25, 0.3) is 0 Å². The molecule has 1 aromatic rings. The van der Waals surface area contributed by atoms with Crippen LogP contribution in [0, 0.1) is 10.5 Å². The highest BCUT2D eigenvalue weighted by Crippen LogP contribution is 2.22. The smallest absolute Gasteiger partial charge is 0.0704 e. The zero-order valence-electron chi connectivity index (χ0n) is 7.79. The first-order valence-electron chi connectivity index (χ1n) is 4.22. The maximum atomic E-state index is 9.36. The van der Waals surface area contributed by atoms with Crippen molar-refractivity contribution in [2.45, 2.75) is 26.0 Å². The molecule has 0 bridgehead atoms. The van der Waals surface area contributed by atoms with E-state index in [-0.39, 0.29) is 6.04 Å². The molecule has 0 radical (unpaired) electrons. The van der Waals surface area contributed by atoms with Crippen molar-refractivity contribution >= 4 is 22.6 Å². The molecule has 1 rings (SSSR count). The van der Waals surface area contributed by atoms with Crippen LogP contribution in [0.4, 0.5) is 0 Å². The van der Waals surface area contributed by atoms with E-state index in [9.17, 15) is 5.11 Å². The highest BCUT2D eigenvalue weighted by Gasteiger charge is 2.14. The van der Waals surface area contributed by atoms with Gasteiger partial charge in [0.05, 0.1) is 12.1 Å². The Morgan fingerprint density at radius 2 is 2.08 bits per heavy atom. The van der Waals surface area contributed by atoms with Crippen LogP contribution >= 0.6 is 22.6 Å². The third-order valence-corrected chi connectivity index (χ3v) is 3.36. The van der Waals surface area contributed by atoms with E-state index in [1.165, 1.54) is 3.57 Å². The van der Waals surface area contributed by atoms with Gasteiger partial charge in [0.25, 0.3) is 0 Å². The highest BCUT2D eigenvalue weighted by molar-refractivity contribution is 14.1. The lowest BCUT2D eigenvalue weighted by Gasteiger charge is -2.18. The van der Waals surface area contributed by atoms with E-state index in [1.807, 2.05) is 25.1 Å². The Balaban J connectivity index is 3.07. The molecule has 2 atom stereocenters. The number of halogens is 1. The van der Waals surface area contributed by atoms with Crippen LogP contribution in [0.1, 0.15) is 24.1 Å². The summed E-state index contributed by atoms with van der Waals surface area (Å²) in [6.45, 7) is 3.74. The Kier molecular flexibility index (Phi) is 3.70. The van der Waals surface area contributed by atoms with Gasteiger partial charge in [-0.05, 0) is 53.6 Å². The summed E-state index contributed by atoms with van der Waals surface area (Å²) in [5.74, 6) is 0. The maximum Gasteiger partial charge on any atom is 0.0704 e. The Labute approximate surface area is 92.3 Å². The van der Waals surface area contributed by atoms with Crippen LogP contribution in [-0.4, -0.2) is 11.2 Å². The topological polar surface area (TPSA) is 46.2 Å². The zero-order valence-corrected chi connectivity index (χ0v) is 9.95. The van der Waals surface area contributed by atoms with Crippen molar-refractivity contribution in [1.29, 1.82) is 0 Å². The van der Waals surface area contributed by atoms with Crippen molar-refractivity contribution in [3.05, 3.63) is 32.9 Å². The van der Waals surface area contributed by atoms with Crippen molar-refractivity contribution in [3.63, 3.8) is 0 Å². The molecule has 0 aliphatic rings. The first-order valence-corrected chi connectivity index (χ1v) is 5.30. The number of aliphatic hydroxyl groups is 1. The van der Waals surface area contributed by atoms with E-state index in [4.69, 9.17) is 5.73 Å². The minimum absolute atomic E-state index is 0.283. The first-order chi connectivity index (χ1) is 6.04. The predicted octanol–water partition coefficient (Wildman–Crippen LogP) is 1.98. The summed E-state index contributed by atoms with van der Waals surface area (Å²) < 4.78 is 1.19. The quantitative estimate of drug-likeness (QED) is 0.818. The lowest BCUT2D eigenvalue weighted by molar-refractivity contribution is 0.164. The summed E-state index contributed by atoms with van der Waals surface area (Å²) >= 11 is 2.27. The fraction of sp³-hybridized carbons (Fsp3) is 0.400. The zero-order chi connectivity index (χ0) is 10.0. The second kappa shape index (κ2) is 4.39. The van der Waals surface area contributed by atoms with Gasteiger partial charge in [0.1, 0.15) is 0 Å². The molecule has 3 heteroatoms. The van der Waals surface area contributed by atoms with Gasteiger partial charge in [-0.15, -0.1) is 0 Å². The molecule has 3 N–H and O–H groups in total. The van der Waals surface area contributed by atoms with Gasteiger partial charge in [0.2, 0.25) is 0 Å². The molecule has 13 heavy (non-hydrogen) atoms. The van der Waals surface area contributed by atoms with Gasteiger partial charge < -0.3 is 10.8 Å². The molecule has 0 heterocycles. The molecule has 0 saturated carbocycles. The summed E-state index contributed by atoms with van der Waals surface area (Å²) in [5, 5.41) is 9.36. The van der Waals surface area contributed by atoms with Crippen molar-refractivity contribution in [2.75, 3.05) is 0 Å². The van der Waals surface area contributed by atoms with Crippen LogP contribution < -0.4 is 5.73 Å². The van der Waals surface area contributed by atoms with E-state index in [0.29, 0.717) is 0 Å². The maximum absolute atomic E-state index is 9.36. The molecule has 1 unspecified atom stereocenters. The van der Waals surface area contributed by atoms with Gasteiger partial charge in [-0.25, -0.2) is 0 Å². The van der Waals surface area contributed by atoms with Gasteiger partial charge in [-0.2, -0.15) is 0 Å². The summed E-state index contributed by atoms with van der Waals surface area (Å²) in [7, 11) is 0. The molecule has 0 amide bonds. The molecule has 72 valence electrons. The molecular formula is C10H14INO. The molecule has 0 spiro atoms. The third-order valence-electron chi connectivity index (χ3n) is 2.19. The molecular weight excluding hydrogens is 277 g/mol. The second-order valence-corrected chi connectivity index (χ2v) is 4.38. The average molecular weight is 291 g/mol. The summed E-state index contributed by atoms with van der Waals surface area (Å²) in [4.78, 5) is 0. The average Bonchev–Trinajstić information content (AvgIpc) is 2.08. The Morgan fingerprint density at radius 3 is 2.62 bits per heavy atom. The van der Waals surface area contributed by atoms with E-state index in [1.54, 1.807) is 6.92 Å².